The third-order valence-corrected chi connectivity index (χ3v) is 4.66. The summed E-state index contributed by atoms with van der Waals surface area (Å²) in [6.07, 6.45) is 6.29. The summed E-state index contributed by atoms with van der Waals surface area (Å²) in [5.41, 5.74) is 0. The highest BCUT2D eigenvalue weighted by Crippen LogP contribution is 2.44. The summed E-state index contributed by atoms with van der Waals surface area (Å²) >= 11 is 3.69. The molecule has 0 bridgehead atoms. The number of hydrogen-bond donors (Lipinski definition) is 0. The highest BCUT2D eigenvalue weighted by Gasteiger charge is 2.39. The summed E-state index contributed by atoms with van der Waals surface area (Å²) in [6.45, 7) is 0. The molecule has 0 saturated heterocycles. The average molecular weight is 235 g/mol. The fourth-order valence-electron chi connectivity index (χ4n) is 2.83. The van der Waals surface area contributed by atoms with E-state index < -0.39 is 6.17 Å². The molecule has 0 spiro atoms. The normalized spacial score (nSPS) is 48.5. The molecule has 0 aromatic heterocycles. The Morgan fingerprint density at radius 2 is 1.58 bits per heavy atom. The van der Waals surface area contributed by atoms with Crippen molar-refractivity contribution < 1.29 is 4.39 Å². The first kappa shape index (κ1) is 8.98. The molecular formula is C10H16BrF. The summed E-state index contributed by atoms with van der Waals surface area (Å²) in [4.78, 5) is 0.606. The molecule has 0 nitrogen and oxygen atoms in total. The van der Waals surface area contributed by atoms with Crippen molar-refractivity contribution >= 4 is 15.9 Å². The first-order chi connectivity index (χ1) is 5.79. The molecule has 0 N–H and O–H groups in total. The highest BCUT2D eigenvalue weighted by atomic mass is 79.9. The van der Waals surface area contributed by atoms with Crippen molar-refractivity contribution in [2.45, 2.75) is 49.5 Å². The highest BCUT2D eigenvalue weighted by molar-refractivity contribution is 9.09. The third kappa shape index (κ3) is 1.55. The Morgan fingerprint density at radius 3 is 2.25 bits per heavy atom. The third-order valence-electron chi connectivity index (χ3n) is 3.52. The molecule has 2 rings (SSSR count). The fraction of sp³-hybridized carbons (Fsp3) is 1.00. The number of hydrogen-bond acceptors (Lipinski definition) is 0. The van der Waals surface area contributed by atoms with E-state index in [9.17, 15) is 4.39 Å². The maximum atomic E-state index is 13.5. The Morgan fingerprint density at radius 1 is 0.917 bits per heavy atom. The van der Waals surface area contributed by atoms with E-state index in [1.165, 1.54) is 19.3 Å². The lowest BCUT2D eigenvalue weighted by molar-refractivity contribution is 0.0780. The predicted molar refractivity (Wildman–Crippen MR) is 52.3 cm³/mol. The molecule has 0 aromatic carbocycles. The van der Waals surface area contributed by atoms with Crippen molar-refractivity contribution in [2.75, 3.05) is 0 Å². The summed E-state index contributed by atoms with van der Waals surface area (Å²) in [5, 5.41) is 0. The van der Waals surface area contributed by atoms with Gasteiger partial charge in [-0.25, -0.2) is 4.39 Å². The fourth-order valence-corrected chi connectivity index (χ4v) is 3.75. The Bertz CT molecular complexity index is 142. The van der Waals surface area contributed by atoms with Crippen molar-refractivity contribution in [1.29, 1.82) is 0 Å². The Hall–Kier alpha value is 0.410. The van der Waals surface area contributed by atoms with Crippen LogP contribution in [-0.4, -0.2) is 11.0 Å². The first-order valence-electron chi connectivity index (χ1n) is 5.07. The van der Waals surface area contributed by atoms with Crippen molar-refractivity contribution in [3.8, 4) is 0 Å². The quantitative estimate of drug-likeness (QED) is 0.562. The molecule has 2 saturated carbocycles. The maximum Gasteiger partial charge on any atom is 0.103 e. The summed E-state index contributed by atoms with van der Waals surface area (Å²) in [5.74, 6) is 1.03. The smallest absolute Gasteiger partial charge is 0.103 e. The van der Waals surface area contributed by atoms with Crippen LogP contribution in [0.3, 0.4) is 0 Å². The van der Waals surface area contributed by atoms with Crippen LogP contribution >= 0.6 is 15.9 Å². The van der Waals surface area contributed by atoms with Crippen LogP contribution in [0.2, 0.25) is 0 Å². The van der Waals surface area contributed by atoms with Crippen LogP contribution in [0.25, 0.3) is 0 Å². The van der Waals surface area contributed by atoms with E-state index in [0.717, 1.165) is 19.3 Å². The second-order valence-corrected chi connectivity index (χ2v) is 5.40. The van der Waals surface area contributed by atoms with Crippen LogP contribution < -0.4 is 0 Å². The lowest BCUT2D eigenvalue weighted by atomic mass is 9.70. The largest absolute Gasteiger partial charge is 0.247 e. The Labute approximate surface area is 82.0 Å². The van der Waals surface area contributed by atoms with Gasteiger partial charge in [0.05, 0.1) is 0 Å². The number of fused-ring (bicyclic) bond motifs is 1. The topological polar surface area (TPSA) is 0 Å². The standard InChI is InChI=1S/C10H16BrF/c11-9-5-6-10(12)8-4-2-1-3-7(8)9/h7-10H,1-6H2/t7-,8+,9-,10+/m1/s1. The minimum atomic E-state index is -0.496. The predicted octanol–water partition coefficient (Wildman–Crippen LogP) is 3.69. The molecule has 2 aliphatic rings. The number of rotatable bonds is 0. The zero-order valence-corrected chi connectivity index (χ0v) is 8.89. The van der Waals surface area contributed by atoms with Gasteiger partial charge in [0.25, 0.3) is 0 Å². The van der Waals surface area contributed by atoms with E-state index in [1.54, 1.807) is 0 Å². The van der Waals surface area contributed by atoms with Gasteiger partial charge in [0, 0.05) is 4.83 Å². The average Bonchev–Trinajstić information content (AvgIpc) is 2.12. The second kappa shape index (κ2) is 3.65. The molecule has 12 heavy (non-hydrogen) atoms. The van der Waals surface area contributed by atoms with Crippen molar-refractivity contribution in [3.63, 3.8) is 0 Å². The van der Waals surface area contributed by atoms with Crippen LogP contribution in [-0.2, 0) is 0 Å². The van der Waals surface area contributed by atoms with E-state index in [2.05, 4.69) is 15.9 Å². The van der Waals surface area contributed by atoms with Gasteiger partial charge >= 0.3 is 0 Å². The maximum absolute atomic E-state index is 13.5. The van der Waals surface area contributed by atoms with Gasteiger partial charge in [0.2, 0.25) is 0 Å². The molecule has 2 heteroatoms. The van der Waals surface area contributed by atoms with Gasteiger partial charge in [-0.05, 0) is 37.5 Å². The van der Waals surface area contributed by atoms with E-state index in [4.69, 9.17) is 0 Å². The van der Waals surface area contributed by atoms with Gasteiger partial charge in [0.1, 0.15) is 6.17 Å². The summed E-state index contributed by atoms with van der Waals surface area (Å²) in [7, 11) is 0. The minimum Gasteiger partial charge on any atom is -0.247 e. The van der Waals surface area contributed by atoms with Crippen LogP contribution in [0.5, 0.6) is 0 Å². The van der Waals surface area contributed by atoms with Crippen molar-refractivity contribution in [3.05, 3.63) is 0 Å². The van der Waals surface area contributed by atoms with Gasteiger partial charge in [-0.1, -0.05) is 28.8 Å². The summed E-state index contributed by atoms with van der Waals surface area (Å²) in [6, 6.07) is 0. The van der Waals surface area contributed by atoms with E-state index in [0.29, 0.717) is 16.7 Å². The zero-order chi connectivity index (χ0) is 8.55. The molecule has 0 radical (unpaired) electrons. The van der Waals surface area contributed by atoms with Crippen LogP contribution in [0, 0.1) is 11.8 Å². The van der Waals surface area contributed by atoms with Crippen molar-refractivity contribution in [2.24, 2.45) is 11.8 Å². The monoisotopic (exact) mass is 234 g/mol. The van der Waals surface area contributed by atoms with Crippen molar-refractivity contribution in [1.82, 2.24) is 0 Å². The molecule has 0 amide bonds. The van der Waals surface area contributed by atoms with Gasteiger partial charge in [-0.2, -0.15) is 0 Å². The minimum absolute atomic E-state index is 0.386. The number of alkyl halides is 2. The van der Waals surface area contributed by atoms with E-state index >= 15 is 0 Å². The molecule has 4 atom stereocenters. The lowest BCUT2D eigenvalue weighted by Crippen LogP contribution is -2.38. The number of halogens is 2. The molecular weight excluding hydrogens is 219 g/mol. The van der Waals surface area contributed by atoms with E-state index in [-0.39, 0.29) is 0 Å². The molecule has 0 aliphatic heterocycles. The molecule has 0 aromatic rings. The van der Waals surface area contributed by atoms with Crippen LogP contribution in [0.1, 0.15) is 38.5 Å². The lowest BCUT2D eigenvalue weighted by Gasteiger charge is -2.40. The van der Waals surface area contributed by atoms with Gasteiger partial charge < -0.3 is 0 Å². The Kier molecular flexibility index (Phi) is 2.73. The van der Waals surface area contributed by atoms with E-state index in [1.807, 2.05) is 0 Å². The van der Waals surface area contributed by atoms with Crippen LogP contribution in [0.4, 0.5) is 4.39 Å². The van der Waals surface area contributed by atoms with Gasteiger partial charge in [-0.3, -0.25) is 0 Å². The second-order valence-electron chi connectivity index (χ2n) is 4.22. The molecule has 2 aliphatic carbocycles. The SMILES string of the molecule is F[C@H]1CC[C@@H](Br)[C@@H]2CCCC[C@@H]21. The molecule has 70 valence electrons. The zero-order valence-electron chi connectivity index (χ0n) is 7.31. The van der Waals surface area contributed by atoms with Gasteiger partial charge in [-0.15, -0.1) is 0 Å². The van der Waals surface area contributed by atoms with Crippen LogP contribution in [0.15, 0.2) is 0 Å². The van der Waals surface area contributed by atoms with Gasteiger partial charge in [0.15, 0.2) is 0 Å². The Balaban J connectivity index is 2.05. The molecule has 0 unspecified atom stereocenters. The first-order valence-corrected chi connectivity index (χ1v) is 5.99. The molecule has 2 fully saturated rings. The summed E-state index contributed by atoms with van der Waals surface area (Å²) < 4.78 is 13.5. The molecule has 0 heterocycles.